The lowest BCUT2D eigenvalue weighted by Crippen LogP contribution is -2.37. The van der Waals surface area contributed by atoms with E-state index < -0.39 is 0 Å². The molecule has 1 aromatic carbocycles. The SMILES string of the molecule is COc1cccc(C2CC(=O)Nc3nc(N4CCC(C)CC4)[nH]c(=O)c32)c1. The summed E-state index contributed by atoms with van der Waals surface area (Å²) in [5.74, 6) is 1.82. The Bertz CT molecular complexity index is 916. The Hall–Kier alpha value is -2.83. The number of aromatic nitrogens is 2. The largest absolute Gasteiger partial charge is 0.497 e. The van der Waals surface area contributed by atoms with Gasteiger partial charge in [-0.15, -0.1) is 0 Å². The number of benzene rings is 1. The van der Waals surface area contributed by atoms with Crippen LogP contribution in [-0.4, -0.2) is 36.1 Å². The molecule has 27 heavy (non-hydrogen) atoms. The minimum absolute atomic E-state index is 0.133. The zero-order chi connectivity index (χ0) is 19.0. The molecule has 1 fully saturated rings. The van der Waals surface area contributed by atoms with Crippen molar-refractivity contribution in [3.05, 3.63) is 45.7 Å². The van der Waals surface area contributed by atoms with Gasteiger partial charge in [0.1, 0.15) is 11.6 Å². The van der Waals surface area contributed by atoms with E-state index >= 15 is 0 Å². The predicted octanol–water partition coefficient (Wildman–Crippen LogP) is 2.49. The molecule has 7 heteroatoms. The highest BCUT2D eigenvalue weighted by Gasteiger charge is 2.32. The first-order chi connectivity index (χ1) is 13.0. The zero-order valence-corrected chi connectivity index (χ0v) is 15.6. The fourth-order valence-corrected chi connectivity index (χ4v) is 3.87. The van der Waals surface area contributed by atoms with Crippen molar-refractivity contribution >= 4 is 17.7 Å². The van der Waals surface area contributed by atoms with Crippen LogP contribution in [0.5, 0.6) is 5.75 Å². The number of nitrogens with zero attached hydrogens (tertiary/aromatic N) is 2. The first kappa shape index (κ1) is 17.6. The molecule has 3 heterocycles. The number of piperidine rings is 1. The van der Waals surface area contributed by atoms with Crippen molar-refractivity contribution < 1.29 is 9.53 Å². The monoisotopic (exact) mass is 368 g/mol. The molecule has 2 aromatic rings. The lowest BCUT2D eigenvalue weighted by atomic mass is 9.87. The predicted molar refractivity (Wildman–Crippen MR) is 104 cm³/mol. The van der Waals surface area contributed by atoms with Crippen LogP contribution in [0.3, 0.4) is 0 Å². The van der Waals surface area contributed by atoms with Crippen LogP contribution in [0.15, 0.2) is 29.1 Å². The van der Waals surface area contributed by atoms with E-state index in [1.54, 1.807) is 7.11 Å². The van der Waals surface area contributed by atoms with Crippen LogP contribution in [0, 0.1) is 5.92 Å². The van der Waals surface area contributed by atoms with Gasteiger partial charge in [-0.05, 0) is 36.5 Å². The van der Waals surface area contributed by atoms with Crippen molar-refractivity contribution in [3.63, 3.8) is 0 Å². The summed E-state index contributed by atoms with van der Waals surface area (Å²) in [5.41, 5.74) is 1.19. The third-order valence-corrected chi connectivity index (χ3v) is 5.52. The van der Waals surface area contributed by atoms with Gasteiger partial charge >= 0.3 is 0 Å². The lowest BCUT2D eigenvalue weighted by molar-refractivity contribution is -0.116. The molecule has 142 valence electrons. The number of rotatable bonds is 3. The summed E-state index contributed by atoms with van der Waals surface area (Å²) < 4.78 is 5.29. The number of hydrogen-bond donors (Lipinski definition) is 2. The van der Waals surface area contributed by atoms with Gasteiger partial charge in [0.2, 0.25) is 11.9 Å². The second-order valence-corrected chi connectivity index (χ2v) is 7.40. The molecule has 7 nitrogen and oxygen atoms in total. The topological polar surface area (TPSA) is 87.3 Å². The number of amides is 1. The number of anilines is 2. The number of aromatic amines is 1. The molecule has 2 N–H and O–H groups in total. The highest BCUT2D eigenvalue weighted by Crippen LogP contribution is 2.35. The molecule has 0 aliphatic carbocycles. The van der Waals surface area contributed by atoms with Crippen molar-refractivity contribution in [2.75, 3.05) is 30.4 Å². The maximum absolute atomic E-state index is 12.9. The Balaban J connectivity index is 1.73. The Morgan fingerprint density at radius 1 is 1.22 bits per heavy atom. The minimum Gasteiger partial charge on any atom is -0.497 e. The van der Waals surface area contributed by atoms with Gasteiger partial charge in [-0.1, -0.05) is 19.1 Å². The molecule has 0 radical (unpaired) electrons. The van der Waals surface area contributed by atoms with Crippen LogP contribution in [0.4, 0.5) is 11.8 Å². The fourth-order valence-electron chi connectivity index (χ4n) is 3.87. The fraction of sp³-hybridized carbons (Fsp3) is 0.450. The van der Waals surface area contributed by atoms with E-state index in [2.05, 4.69) is 27.1 Å². The van der Waals surface area contributed by atoms with Gasteiger partial charge in [0, 0.05) is 25.4 Å². The van der Waals surface area contributed by atoms with E-state index in [1.165, 1.54) is 0 Å². The average Bonchev–Trinajstić information content (AvgIpc) is 2.67. The standard InChI is InChI=1S/C20H24N4O3/c1-12-6-8-24(9-7-12)20-22-18-17(19(26)23-20)15(11-16(25)21-18)13-4-3-5-14(10-13)27-2/h3-5,10,12,15H,6-9,11H2,1-2H3,(H2,21,22,23,25,26). The summed E-state index contributed by atoms with van der Waals surface area (Å²) >= 11 is 0. The Kier molecular flexibility index (Phi) is 4.59. The average molecular weight is 368 g/mol. The maximum Gasteiger partial charge on any atom is 0.258 e. The molecule has 1 saturated heterocycles. The van der Waals surface area contributed by atoms with Gasteiger partial charge in [0.25, 0.3) is 5.56 Å². The third-order valence-electron chi connectivity index (χ3n) is 5.52. The molecule has 0 spiro atoms. The number of carbonyl (C=O) groups excluding carboxylic acids is 1. The number of H-pyrrole nitrogens is 1. The molecule has 2 aliphatic heterocycles. The minimum atomic E-state index is -0.337. The Morgan fingerprint density at radius 3 is 2.74 bits per heavy atom. The number of fused-ring (bicyclic) bond motifs is 1. The first-order valence-corrected chi connectivity index (χ1v) is 9.38. The smallest absolute Gasteiger partial charge is 0.258 e. The lowest BCUT2D eigenvalue weighted by Gasteiger charge is -2.32. The van der Waals surface area contributed by atoms with Crippen LogP contribution in [0.2, 0.25) is 0 Å². The van der Waals surface area contributed by atoms with E-state index in [4.69, 9.17) is 4.74 Å². The Morgan fingerprint density at radius 2 is 2.00 bits per heavy atom. The van der Waals surface area contributed by atoms with Gasteiger partial charge in [0.05, 0.1) is 12.7 Å². The van der Waals surface area contributed by atoms with E-state index in [-0.39, 0.29) is 23.8 Å². The summed E-state index contributed by atoms with van der Waals surface area (Å²) in [6.07, 6.45) is 2.35. The van der Waals surface area contributed by atoms with E-state index in [1.807, 2.05) is 24.3 Å². The molecule has 2 aliphatic rings. The van der Waals surface area contributed by atoms with Gasteiger partial charge in [-0.25, -0.2) is 0 Å². The molecule has 0 saturated carbocycles. The Labute approximate surface area is 157 Å². The molecule has 4 rings (SSSR count). The number of carbonyl (C=O) groups is 1. The van der Waals surface area contributed by atoms with Crippen molar-refractivity contribution in [3.8, 4) is 5.75 Å². The molecular weight excluding hydrogens is 344 g/mol. The first-order valence-electron chi connectivity index (χ1n) is 9.38. The zero-order valence-electron chi connectivity index (χ0n) is 15.6. The van der Waals surface area contributed by atoms with Gasteiger partial charge in [0.15, 0.2) is 0 Å². The van der Waals surface area contributed by atoms with Crippen LogP contribution in [0.25, 0.3) is 0 Å². The van der Waals surface area contributed by atoms with E-state index in [0.717, 1.165) is 31.5 Å². The van der Waals surface area contributed by atoms with Crippen LogP contribution in [0.1, 0.15) is 43.2 Å². The normalized spacial score (nSPS) is 20.1. The van der Waals surface area contributed by atoms with Gasteiger partial charge < -0.3 is 15.0 Å². The number of ether oxygens (including phenoxy) is 1. The van der Waals surface area contributed by atoms with Crippen molar-refractivity contribution in [1.82, 2.24) is 9.97 Å². The molecule has 1 aromatic heterocycles. The highest BCUT2D eigenvalue weighted by atomic mass is 16.5. The van der Waals surface area contributed by atoms with Crippen molar-refractivity contribution in [2.45, 2.75) is 32.1 Å². The van der Waals surface area contributed by atoms with E-state index in [9.17, 15) is 9.59 Å². The van der Waals surface area contributed by atoms with E-state index in [0.29, 0.717) is 29.0 Å². The number of nitrogens with one attached hydrogen (secondary N) is 2. The highest BCUT2D eigenvalue weighted by molar-refractivity contribution is 5.94. The van der Waals surface area contributed by atoms with Crippen molar-refractivity contribution in [1.29, 1.82) is 0 Å². The second-order valence-electron chi connectivity index (χ2n) is 7.40. The second kappa shape index (κ2) is 7.06. The summed E-state index contributed by atoms with van der Waals surface area (Å²) in [7, 11) is 1.60. The summed E-state index contributed by atoms with van der Waals surface area (Å²) in [5, 5.41) is 2.79. The molecular formula is C20H24N4O3. The van der Waals surface area contributed by atoms with Crippen LogP contribution < -0.4 is 20.5 Å². The van der Waals surface area contributed by atoms with Gasteiger partial charge in [-0.2, -0.15) is 4.98 Å². The van der Waals surface area contributed by atoms with Gasteiger partial charge in [-0.3, -0.25) is 14.6 Å². The number of hydrogen-bond acceptors (Lipinski definition) is 5. The van der Waals surface area contributed by atoms with Crippen molar-refractivity contribution in [2.24, 2.45) is 5.92 Å². The van der Waals surface area contributed by atoms with Crippen LogP contribution in [-0.2, 0) is 4.79 Å². The third kappa shape index (κ3) is 3.41. The van der Waals surface area contributed by atoms with Crippen LogP contribution >= 0.6 is 0 Å². The molecule has 1 atom stereocenters. The molecule has 0 bridgehead atoms. The number of methoxy groups -OCH3 is 1. The summed E-state index contributed by atoms with van der Waals surface area (Å²) in [6, 6.07) is 7.49. The quantitative estimate of drug-likeness (QED) is 0.869. The molecule has 1 unspecified atom stereocenters. The molecule has 1 amide bonds. The summed E-state index contributed by atoms with van der Waals surface area (Å²) in [4.78, 5) is 34.9. The summed E-state index contributed by atoms with van der Waals surface area (Å²) in [6.45, 7) is 3.95. The maximum atomic E-state index is 12.9.